The summed E-state index contributed by atoms with van der Waals surface area (Å²) in [6.45, 7) is 4.59. The topological polar surface area (TPSA) is 43.8 Å². The van der Waals surface area contributed by atoms with Gasteiger partial charge < -0.3 is 10.3 Å². The Kier molecular flexibility index (Phi) is 2.96. The molecule has 0 bridgehead atoms. The van der Waals surface area contributed by atoms with E-state index < -0.39 is 0 Å². The van der Waals surface area contributed by atoms with Crippen molar-refractivity contribution in [2.45, 2.75) is 39.2 Å². The van der Waals surface area contributed by atoms with Crippen LogP contribution >= 0.6 is 0 Å². The number of para-hydroxylation sites is 1. The Morgan fingerprint density at radius 2 is 2.05 bits per heavy atom. The fraction of sp³-hybridized carbons (Fsp3) is 0.533. The number of nitrogens with two attached hydrogens (primary N) is 1. The van der Waals surface area contributed by atoms with Crippen LogP contribution in [0, 0.1) is 17.7 Å². The maximum Gasteiger partial charge on any atom is 0.201 e. The highest BCUT2D eigenvalue weighted by atomic mass is 19.1. The molecule has 0 aliphatic heterocycles. The van der Waals surface area contributed by atoms with Crippen molar-refractivity contribution < 1.29 is 4.39 Å². The number of imidazole rings is 1. The number of halogens is 1. The number of aromatic nitrogens is 2. The number of nitrogen functional groups attached to an aromatic ring is 1. The van der Waals surface area contributed by atoms with Crippen LogP contribution in [-0.4, -0.2) is 9.55 Å². The van der Waals surface area contributed by atoms with Crippen LogP contribution < -0.4 is 5.73 Å². The molecule has 1 saturated carbocycles. The Hall–Kier alpha value is -1.58. The number of hydrogen-bond acceptors (Lipinski definition) is 2. The molecule has 1 aromatic carbocycles. The average molecular weight is 261 g/mol. The molecule has 1 aliphatic rings. The summed E-state index contributed by atoms with van der Waals surface area (Å²) >= 11 is 0. The summed E-state index contributed by atoms with van der Waals surface area (Å²) in [6, 6.07) is 5.41. The molecule has 19 heavy (non-hydrogen) atoms. The van der Waals surface area contributed by atoms with Gasteiger partial charge in [-0.3, -0.25) is 0 Å². The van der Waals surface area contributed by atoms with E-state index in [9.17, 15) is 4.39 Å². The van der Waals surface area contributed by atoms with Gasteiger partial charge in [0.25, 0.3) is 0 Å². The van der Waals surface area contributed by atoms with Crippen LogP contribution in [0.1, 0.15) is 39.2 Å². The van der Waals surface area contributed by atoms with Gasteiger partial charge in [-0.1, -0.05) is 19.9 Å². The SMILES string of the molecule is CC1CCC(n2c(N)nc3c(F)cccc32)CC1C. The third kappa shape index (κ3) is 1.99. The number of rotatable bonds is 1. The van der Waals surface area contributed by atoms with Gasteiger partial charge in [-0.15, -0.1) is 0 Å². The fourth-order valence-corrected chi connectivity index (χ4v) is 3.24. The summed E-state index contributed by atoms with van der Waals surface area (Å²) < 4.78 is 15.8. The van der Waals surface area contributed by atoms with Crippen LogP contribution in [-0.2, 0) is 0 Å². The van der Waals surface area contributed by atoms with Gasteiger partial charge >= 0.3 is 0 Å². The van der Waals surface area contributed by atoms with E-state index in [0.29, 0.717) is 23.4 Å². The highest BCUT2D eigenvalue weighted by Crippen LogP contribution is 2.39. The molecule has 3 nitrogen and oxygen atoms in total. The van der Waals surface area contributed by atoms with Crippen molar-refractivity contribution >= 4 is 17.0 Å². The van der Waals surface area contributed by atoms with Gasteiger partial charge in [-0.2, -0.15) is 0 Å². The average Bonchev–Trinajstić information content (AvgIpc) is 2.71. The zero-order valence-electron chi connectivity index (χ0n) is 11.4. The van der Waals surface area contributed by atoms with E-state index in [1.54, 1.807) is 6.07 Å². The Balaban J connectivity index is 2.05. The molecule has 2 N–H and O–H groups in total. The van der Waals surface area contributed by atoms with E-state index in [4.69, 9.17) is 5.73 Å². The molecule has 3 atom stereocenters. The molecule has 0 amide bonds. The van der Waals surface area contributed by atoms with Crippen LogP contribution in [0.3, 0.4) is 0 Å². The smallest absolute Gasteiger partial charge is 0.201 e. The first-order valence-electron chi connectivity index (χ1n) is 7.00. The first kappa shape index (κ1) is 12.5. The van der Waals surface area contributed by atoms with Gasteiger partial charge in [0.2, 0.25) is 5.95 Å². The monoisotopic (exact) mass is 261 g/mol. The van der Waals surface area contributed by atoms with Gasteiger partial charge in [0, 0.05) is 6.04 Å². The molecule has 0 radical (unpaired) electrons. The number of fused-ring (bicyclic) bond motifs is 1. The summed E-state index contributed by atoms with van der Waals surface area (Å²) in [5, 5.41) is 0. The van der Waals surface area contributed by atoms with E-state index in [-0.39, 0.29) is 5.82 Å². The zero-order valence-corrected chi connectivity index (χ0v) is 11.4. The second-order valence-electron chi connectivity index (χ2n) is 5.87. The van der Waals surface area contributed by atoms with Crippen molar-refractivity contribution in [3.8, 4) is 0 Å². The van der Waals surface area contributed by atoms with E-state index >= 15 is 0 Å². The van der Waals surface area contributed by atoms with Gasteiger partial charge in [0.15, 0.2) is 5.82 Å². The van der Waals surface area contributed by atoms with Crippen LogP contribution in [0.5, 0.6) is 0 Å². The van der Waals surface area contributed by atoms with Crippen molar-refractivity contribution in [3.05, 3.63) is 24.0 Å². The Morgan fingerprint density at radius 3 is 2.79 bits per heavy atom. The predicted molar refractivity (Wildman–Crippen MR) is 75.3 cm³/mol. The van der Waals surface area contributed by atoms with E-state index in [2.05, 4.69) is 18.8 Å². The molecule has 1 fully saturated rings. The molecular formula is C15H20FN3. The lowest BCUT2D eigenvalue weighted by atomic mass is 9.79. The van der Waals surface area contributed by atoms with Crippen molar-refractivity contribution in [2.75, 3.05) is 5.73 Å². The molecule has 4 heteroatoms. The predicted octanol–water partition coefficient (Wildman–Crippen LogP) is 3.75. The summed E-state index contributed by atoms with van der Waals surface area (Å²) in [4.78, 5) is 4.20. The Labute approximate surface area is 112 Å². The second-order valence-corrected chi connectivity index (χ2v) is 5.87. The van der Waals surface area contributed by atoms with Gasteiger partial charge in [-0.05, 0) is 43.2 Å². The van der Waals surface area contributed by atoms with Crippen molar-refractivity contribution in [3.63, 3.8) is 0 Å². The van der Waals surface area contributed by atoms with E-state index in [1.807, 2.05) is 10.6 Å². The molecule has 102 valence electrons. The summed E-state index contributed by atoms with van der Waals surface area (Å²) in [5.41, 5.74) is 7.24. The quantitative estimate of drug-likeness (QED) is 0.849. The highest BCUT2D eigenvalue weighted by Gasteiger charge is 2.28. The summed E-state index contributed by atoms with van der Waals surface area (Å²) in [6.07, 6.45) is 3.38. The molecule has 0 spiro atoms. The lowest BCUT2D eigenvalue weighted by Gasteiger charge is -2.33. The Bertz CT molecular complexity index is 605. The molecule has 1 heterocycles. The summed E-state index contributed by atoms with van der Waals surface area (Å²) in [5.74, 6) is 1.57. The highest BCUT2D eigenvalue weighted by molar-refractivity contribution is 5.79. The molecule has 0 saturated heterocycles. The Morgan fingerprint density at radius 1 is 1.26 bits per heavy atom. The third-order valence-corrected chi connectivity index (χ3v) is 4.63. The molecule has 3 unspecified atom stereocenters. The van der Waals surface area contributed by atoms with E-state index in [0.717, 1.165) is 24.3 Å². The molecule has 1 aliphatic carbocycles. The number of benzene rings is 1. The maximum atomic E-state index is 13.8. The third-order valence-electron chi connectivity index (χ3n) is 4.63. The van der Waals surface area contributed by atoms with Gasteiger partial charge in [0.05, 0.1) is 5.52 Å². The van der Waals surface area contributed by atoms with Crippen LogP contribution in [0.4, 0.5) is 10.3 Å². The second kappa shape index (κ2) is 4.51. The van der Waals surface area contributed by atoms with Gasteiger partial charge in [-0.25, -0.2) is 9.37 Å². The summed E-state index contributed by atoms with van der Waals surface area (Å²) in [7, 11) is 0. The minimum absolute atomic E-state index is 0.292. The largest absolute Gasteiger partial charge is 0.369 e. The molecule has 3 rings (SSSR count). The lowest BCUT2D eigenvalue weighted by Crippen LogP contribution is -2.24. The van der Waals surface area contributed by atoms with Crippen LogP contribution in [0.25, 0.3) is 11.0 Å². The van der Waals surface area contributed by atoms with Crippen molar-refractivity contribution in [2.24, 2.45) is 11.8 Å². The zero-order chi connectivity index (χ0) is 13.6. The minimum atomic E-state index is -0.292. The standard InChI is InChI=1S/C15H20FN3/c1-9-6-7-11(8-10(9)2)19-13-5-3-4-12(16)14(13)18-15(19)17/h3-5,9-11H,6-8H2,1-2H3,(H2,17,18). The van der Waals surface area contributed by atoms with Crippen molar-refractivity contribution in [1.82, 2.24) is 9.55 Å². The first-order chi connectivity index (χ1) is 9.08. The molecule has 2 aromatic rings. The lowest BCUT2D eigenvalue weighted by molar-refractivity contribution is 0.215. The fourth-order valence-electron chi connectivity index (χ4n) is 3.24. The van der Waals surface area contributed by atoms with Crippen LogP contribution in [0.15, 0.2) is 18.2 Å². The number of anilines is 1. The number of nitrogens with zero attached hydrogens (tertiary/aromatic N) is 2. The minimum Gasteiger partial charge on any atom is -0.369 e. The molecule has 1 aromatic heterocycles. The first-order valence-corrected chi connectivity index (χ1v) is 7.00. The maximum absolute atomic E-state index is 13.8. The normalized spacial score (nSPS) is 27.8. The van der Waals surface area contributed by atoms with Crippen molar-refractivity contribution in [1.29, 1.82) is 0 Å². The van der Waals surface area contributed by atoms with E-state index in [1.165, 1.54) is 12.5 Å². The van der Waals surface area contributed by atoms with Gasteiger partial charge in [0.1, 0.15) is 5.52 Å². The number of hydrogen-bond donors (Lipinski definition) is 1. The molecular weight excluding hydrogens is 241 g/mol. The van der Waals surface area contributed by atoms with Crippen LogP contribution in [0.2, 0.25) is 0 Å².